The lowest BCUT2D eigenvalue weighted by Crippen LogP contribution is -2.82. The number of carbonyl (C=O) groups excluding carboxylic acids is 6. The molecule has 3 aromatic rings. The van der Waals surface area contributed by atoms with E-state index in [-0.39, 0.29) is 40.6 Å². The summed E-state index contributed by atoms with van der Waals surface area (Å²) < 4.78 is 30.3. The van der Waals surface area contributed by atoms with E-state index in [2.05, 4.69) is 5.32 Å². The third-order valence-corrected chi connectivity index (χ3v) is 13.5. The molecular weight excluding hydrogens is 885 g/mol. The van der Waals surface area contributed by atoms with Crippen molar-refractivity contribution >= 4 is 58.8 Å². The number of carbonyl (C=O) groups is 6. The summed E-state index contributed by atoms with van der Waals surface area (Å²) >= 11 is 9.53. The van der Waals surface area contributed by atoms with Crippen molar-refractivity contribution in [1.29, 1.82) is 0 Å². The summed E-state index contributed by atoms with van der Waals surface area (Å²) in [6, 6.07) is 22.9. The fourth-order valence-electron chi connectivity index (χ4n) is 10.2. The average Bonchev–Trinajstić information content (AvgIpc) is 3.27. The Bertz CT molecular complexity index is 2310. The summed E-state index contributed by atoms with van der Waals surface area (Å²) in [6.45, 7) is 7.97. The van der Waals surface area contributed by atoms with E-state index in [1.807, 2.05) is 0 Å². The number of hydrogen-bond acceptors (Lipinski definition) is 14. The van der Waals surface area contributed by atoms with Crippen LogP contribution in [0, 0.1) is 16.7 Å². The number of nitrogens with one attached hydrogen (secondary N) is 1. The molecule has 0 spiro atoms. The van der Waals surface area contributed by atoms with E-state index in [0.717, 1.165) is 13.8 Å². The first-order chi connectivity index (χ1) is 30.7. The third-order valence-electron chi connectivity index (χ3n) is 13.5. The number of Topliss-reactive ketones (excluding diaryl/α,β-unsaturated/α-hetero) is 1. The van der Waals surface area contributed by atoms with Gasteiger partial charge in [-0.15, -0.1) is 23.2 Å². The van der Waals surface area contributed by atoms with E-state index in [1.54, 1.807) is 92.7 Å². The molecule has 2 bridgehead atoms. The Morgan fingerprint density at radius 3 is 1.92 bits per heavy atom. The summed E-state index contributed by atoms with van der Waals surface area (Å²) in [5.41, 5.74) is -7.02. The number of ether oxygens (including phenoxy) is 5. The fraction of sp³-hybridized carbons (Fsp3) is 0.458. The zero-order valence-electron chi connectivity index (χ0n) is 36.7. The Kier molecular flexibility index (Phi) is 14.7. The normalized spacial score (nSPS) is 30.7. The van der Waals surface area contributed by atoms with Crippen LogP contribution in [-0.4, -0.2) is 111 Å². The molecule has 7 rings (SSSR count). The molecule has 1 saturated heterocycles. The van der Waals surface area contributed by atoms with Gasteiger partial charge in [0.2, 0.25) is 0 Å². The summed E-state index contributed by atoms with van der Waals surface area (Å²) in [6.07, 6.45) is -10.5. The molecule has 0 unspecified atom stereocenters. The lowest BCUT2D eigenvalue weighted by Gasteiger charge is -2.67. The first-order valence-corrected chi connectivity index (χ1v) is 22.1. The SMILES string of the molecule is CC(=O)O[C@H]1C(=O)[C@@]2(C)[C@H]([C@H](OC(=O)c3ccccc3)[C@]3(O)C[C@H](OC(=O)[C@H](O)[C@@H](NC(=O)c4ccccc4)c4ccccc4)C(C)=C1C3(C)C)[C@]1(OC(C)=O)CO[C@@H]1C[C@@H]2O.ClCCl. The summed E-state index contributed by atoms with van der Waals surface area (Å²) in [5.74, 6) is -6.84. The Labute approximate surface area is 386 Å². The monoisotopic (exact) mass is 937 g/mol. The first kappa shape index (κ1) is 49.3. The number of benzene rings is 3. The van der Waals surface area contributed by atoms with E-state index in [1.165, 1.54) is 26.0 Å². The molecule has 0 aromatic heterocycles. The van der Waals surface area contributed by atoms with Crippen LogP contribution in [0.15, 0.2) is 102 Å². The number of ketones is 1. The zero-order valence-corrected chi connectivity index (χ0v) is 38.2. The Hall–Kier alpha value is -5.16. The zero-order chi connectivity index (χ0) is 47.6. The highest BCUT2D eigenvalue weighted by atomic mass is 35.5. The summed E-state index contributed by atoms with van der Waals surface area (Å²) in [5, 5.41) is 40.4. The van der Waals surface area contributed by atoms with Gasteiger partial charge in [0.15, 0.2) is 23.6 Å². The molecular formula is C48H53Cl2NO14. The molecule has 348 valence electrons. The maximum absolute atomic E-state index is 15.5. The molecule has 1 amide bonds. The smallest absolute Gasteiger partial charge is 0.338 e. The largest absolute Gasteiger partial charge is 0.456 e. The molecule has 3 aliphatic carbocycles. The van der Waals surface area contributed by atoms with Gasteiger partial charge in [-0.05, 0) is 54.8 Å². The minimum Gasteiger partial charge on any atom is -0.456 e. The lowest BCUT2D eigenvalue weighted by atomic mass is 9.44. The number of aliphatic hydroxyl groups excluding tert-OH is 2. The second kappa shape index (κ2) is 19.4. The molecule has 11 atom stereocenters. The standard InChI is InChI=1S/C47H51NO14.CH2Cl2/c1-25-31(60-43(56)36(52)35(28-16-10-7-11-17-28)48-41(54)29-18-12-8-13-19-29)23-47(57)40(61-42(55)30-20-14-9-15-21-30)38-45(6,32(51)22-33-46(38,24-58-33)62-27(3)50)39(53)37(59-26(2)49)34(25)44(47,4)5;2-1-3/h7-21,31-33,35-38,40,51-52,57H,22-24H2,1-6H3,(H,48,54);1H2/t31-,32-,33+,35-,36+,37+,38-,40-,45+,46-,47+;/m0./s1. The van der Waals surface area contributed by atoms with Crippen LogP contribution in [0.4, 0.5) is 0 Å². The van der Waals surface area contributed by atoms with Gasteiger partial charge >= 0.3 is 23.9 Å². The lowest BCUT2D eigenvalue weighted by molar-refractivity contribution is -0.346. The number of amides is 1. The van der Waals surface area contributed by atoms with Crippen molar-refractivity contribution in [3.8, 4) is 0 Å². The molecule has 15 nitrogen and oxygen atoms in total. The van der Waals surface area contributed by atoms with E-state index in [4.69, 9.17) is 46.9 Å². The van der Waals surface area contributed by atoms with Gasteiger partial charge in [-0.3, -0.25) is 19.2 Å². The van der Waals surface area contributed by atoms with Gasteiger partial charge < -0.3 is 44.3 Å². The second-order valence-corrected chi connectivity index (χ2v) is 18.3. The van der Waals surface area contributed by atoms with Crippen molar-refractivity contribution in [2.45, 2.75) is 108 Å². The number of rotatable bonds is 10. The maximum Gasteiger partial charge on any atom is 0.338 e. The quantitative estimate of drug-likeness (QED) is 0.0894. The molecule has 1 aliphatic heterocycles. The van der Waals surface area contributed by atoms with Crippen LogP contribution in [0.2, 0.25) is 0 Å². The molecule has 1 heterocycles. The van der Waals surface area contributed by atoms with Crippen LogP contribution in [0.1, 0.15) is 86.7 Å². The minimum atomic E-state index is -2.39. The average molecular weight is 939 g/mol. The maximum atomic E-state index is 15.5. The third kappa shape index (κ3) is 8.94. The number of halogens is 2. The molecule has 17 heteroatoms. The van der Waals surface area contributed by atoms with E-state index in [9.17, 15) is 39.3 Å². The van der Waals surface area contributed by atoms with Crippen LogP contribution in [0.3, 0.4) is 0 Å². The first-order valence-electron chi connectivity index (χ1n) is 21.0. The van der Waals surface area contributed by atoms with Gasteiger partial charge in [0.25, 0.3) is 5.91 Å². The number of aliphatic hydroxyl groups is 3. The van der Waals surface area contributed by atoms with Gasteiger partial charge in [-0.1, -0.05) is 80.6 Å². The van der Waals surface area contributed by atoms with Gasteiger partial charge in [0.05, 0.1) is 41.0 Å². The van der Waals surface area contributed by atoms with Crippen LogP contribution in [-0.2, 0) is 42.9 Å². The minimum absolute atomic E-state index is 0.00289. The highest BCUT2D eigenvalue weighted by Crippen LogP contribution is 2.64. The van der Waals surface area contributed by atoms with E-state index < -0.39 is 113 Å². The molecule has 0 radical (unpaired) electrons. The van der Waals surface area contributed by atoms with Crippen molar-refractivity contribution in [1.82, 2.24) is 5.32 Å². The molecule has 3 fully saturated rings. The Morgan fingerprint density at radius 2 is 1.40 bits per heavy atom. The predicted molar refractivity (Wildman–Crippen MR) is 234 cm³/mol. The molecule has 65 heavy (non-hydrogen) atoms. The van der Waals surface area contributed by atoms with E-state index >= 15 is 4.79 Å². The highest BCUT2D eigenvalue weighted by molar-refractivity contribution is 6.40. The predicted octanol–water partition coefficient (Wildman–Crippen LogP) is 5.16. The fourth-order valence-corrected chi connectivity index (χ4v) is 10.2. The van der Waals surface area contributed by atoms with Crippen LogP contribution in [0.5, 0.6) is 0 Å². The number of hydrogen-bond donors (Lipinski definition) is 4. The summed E-state index contributed by atoms with van der Waals surface area (Å²) in [4.78, 5) is 83.5. The van der Waals surface area contributed by atoms with Crippen molar-refractivity contribution in [3.63, 3.8) is 0 Å². The van der Waals surface area contributed by atoms with Crippen LogP contribution < -0.4 is 5.32 Å². The van der Waals surface area contributed by atoms with E-state index in [0.29, 0.717) is 5.56 Å². The van der Waals surface area contributed by atoms with Crippen molar-refractivity contribution in [2.75, 3.05) is 11.9 Å². The molecule has 4 N–H and O–H groups in total. The number of esters is 4. The number of alkyl halides is 2. The number of fused-ring (bicyclic) bond motifs is 5. The van der Waals surface area contributed by atoms with Gasteiger partial charge in [0, 0.05) is 37.7 Å². The molecule has 3 aromatic carbocycles. The van der Waals surface area contributed by atoms with Crippen LogP contribution >= 0.6 is 23.2 Å². The second-order valence-electron chi connectivity index (χ2n) is 17.5. The summed E-state index contributed by atoms with van der Waals surface area (Å²) in [7, 11) is 0. The van der Waals surface area contributed by atoms with Gasteiger partial charge in [0.1, 0.15) is 23.9 Å². The van der Waals surface area contributed by atoms with Crippen LogP contribution in [0.25, 0.3) is 0 Å². The van der Waals surface area contributed by atoms with Crippen molar-refractivity contribution < 1.29 is 67.8 Å². The molecule has 2 saturated carbocycles. The highest BCUT2D eigenvalue weighted by Gasteiger charge is 2.78. The van der Waals surface area contributed by atoms with Gasteiger partial charge in [-0.2, -0.15) is 0 Å². The molecule has 4 aliphatic rings. The Balaban J connectivity index is 0.00000227. The van der Waals surface area contributed by atoms with Gasteiger partial charge in [-0.25, -0.2) is 9.59 Å². The van der Waals surface area contributed by atoms with Crippen molar-refractivity contribution in [3.05, 3.63) is 119 Å². The Morgan fingerprint density at radius 1 is 0.846 bits per heavy atom. The van der Waals surface area contributed by atoms with Crippen molar-refractivity contribution in [2.24, 2.45) is 16.7 Å². The topological polar surface area (TPSA) is 221 Å².